The quantitative estimate of drug-likeness (QED) is 0.159. The Balaban J connectivity index is -0.0000000233. The molecule has 8 heteroatoms. The van der Waals surface area contributed by atoms with E-state index < -0.39 is 6.16 Å². The van der Waals surface area contributed by atoms with Gasteiger partial charge in [0.1, 0.15) is 0 Å². The molecular weight excluding hydrogens is 148 g/mol. The van der Waals surface area contributed by atoms with E-state index in [-0.39, 0.29) is 59.1 Å². The second-order valence-corrected chi connectivity index (χ2v) is 0.355. The Hall–Kier alpha value is 0.580. The van der Waals surface area contributed by atoms with Crippen LogP contribution in [-0.4, -0.2) is 11.3 Å². The molecule has 0 radical (unpaired) electrons. The SMILES string of the molecule is O=C([O-])O.[N-]=[N+]=[N-].[Na+].[Na+]. The summed E-state index contributed by atoms with van der Waals surface area (Å²) >= 11 is 0. The first-order chi connectivity index (χ1) is 3.15. The zero-order chi connectivity index (χ0) is 6.28. The number of hydrogen-bond acceptors (Lipinski definition) is 2. The van der Waals surface area contributed by atoms with Crippen LogP contribution in [0.3, 0.4) is 0 Å². The molecule has 0 unspecified atom stereocenters. The summed E-state index contributed by atoms with van der Waals surface area (Å²) in [5.41, 5.74) is 13.5. The van der Waals surface area contributed by atoms with Crippen molar-refractivity contribution in [3.05, 3.63) is 16.0 Å². The molecule has 0 fully saturated rings. The summed E-state index contributed by atoms with van der Waals surface area (Å²) in [7, 11) is 0. The van der Waals surface area contributed by atoms with Gasteiger partial charge in [0.2, 0.25) is 6.16 Å². The van der Waals surface area contributed by atoms with Crippen molar-refractivity contribution in [1.29, 1.82) is 0 Å². The topological polar surface area (TPSA) is 119 Å². The van der Waals surface area contributed by atoms with Gasteiger partial charge in [-0.2, -0.15) is 0 Å². The zero-order valence-electron chi connectivity index (χ0n) is 5.11. The molecule has 9 heavy (non-hydrogen) atoms. The first kappa shape index (κ1) is 22.7. The maximum absolute atomic E-state index is 8.44. The van der Waals surface area contributed by atoms with Crippen molar-refractivity contribution in [3.8, 4) is 0 Å². The number of hydrogen-bond donors (Lipinski definition) is 1. The van der Waals surface area contributed by atoms with Crippen LogP contribution in [0.25, 0.3) is 16.0 Å². The van der Waals surface area contributed by atoms with E-state index >= 15 is 0 Å². The van der Waals surface area contributed by atoms with E-state index in [9.17, 15) is 0 Å². The van der Waals surface area contributed by atoms with Gasteiger partial charge in [-0.1, -0.05) is 0 Å². The first-order valence-corrected chi connectivity index (χ1v) is 1.03. The molecule has 0 heterocycles. The Labute approximate surface area is 95.2 Å². The second-order valence-electron chi connectivity index (χ2n) is 0.355. The van der Waals surface area contributed by atoms with E-state index in [1.165, 1.54) is 4.91 Å². The smallest absolute Gasteiger partial charge is 0.565 e. The van der Waals surface area contributed by atoms with Gasteiger partial charge < -0.3 is 26.1 Å². The number of rotatable bonds is 0. The predicted molar refractivity (Wildman–Crippen MR) is 18.1 cm³/mol. The average molecular weight is 149 g/mol. The third-order valence-electron chi connectivity index (χ3n) is 0. The summed E-state index contributed by atoms with van der Waals surface area (Å²) in [6.07, 6.45) is -2.08. The molecule has 40 valence electrons. The van der Waals surface area contributed by atoms with Crippen molar-refractivity contribution in [2.75, 3.05) is 0 Å². The molecule has 0 aliphatic heterocycles. The van der Waals surface area contributed by atoms with Crippen LogP contribution in [0, 0.1) is 0 Å². The summed E-state index contributed by atoms with van der Waals surface area (Å²) in [4.78, 5) is 9.94. The predicted octanol–water partition coefficient (Wildman–Crippen LogP) is -6.24. The monoisotopic (exact) mass is 149 g/mol. The molecule has 0 spiro atoms. The van der Waals surface area contributed by atoms with Gasteiger partial charge in [-0.3, -0.25) is 4.91 Å². The Morgan fingerprint density at radius 3 is 1.44 bits per heavy atom. The average Bonchev–Trinajstić information content (AvgIpc) is 1.33. The van der Waals surface area contributed by atoms with Gasteiger partial charge in [0.05, 0.1) is 0 Å². The van der Waals surface area contributed by atoms with Crippen LogP contribution < -0.4 is 64.2 Å². The molecule has 0 aromatic heterocycles. The van der Waals surface area contributed by atoms with Crippen LogP contribution >= 0.6 is 0 Å². The molecule has 1 N–H and O–H groups in total. The van der Waals surface area contributed by atoms with Crippen LogP contribution in [0.4, 0.5) is 4.79 Å². The molecule has 0 bridgehead atoms. The molecule has 0 aliphatic carbocycles. The fraction of sp³-hybridized carbons (Fsp3) is 0. The fourth-order valence-electron chi connectivity index (χ4n) is 0. The molecule has 0 aromatic carbocycles. The Bertz CT molecular complexity index is 85.1. The summed E-state index contributed by atoms with van der Waals surface area (Å²) in [5.74, 6) is 0. The maximum Gasteiger partial charge on any atom is 1.00 e. The fourth-order valence-corrected chi connectivity index (χ4v) is 0. The largest absolute Gasteiger partial charge is 1.00 e. The van der Waals surface area contributed by atoms with Crippen LogP contribution in [0.2, 0.25) is 0 Å². The zero-order valence-corrected chi connectivity index (χ0v) is 9.11. The Morgan fingerprint density at radius 2 is 1.44 bits per heavy atom. The van der Waals surface area contributed by atoms with Crippen LogP contribution in [0.1, 0.15) is 0 Å². The number of carboxylic acid groups (broad SMARTS) is 2. The third kappa shape index (κ3) is 1100. The normalized spacial score (nSPS) is 3.56. The van der Waals surface area contributed by atoms with Gasteiger partial charge in [-0.05, 0) is 0 Å². The van der Waals surface area contributed by atoms with Gasteiger partial charge in [-0.15, -0.1) is 0 Å². The van der Waals surface area contributed by atoms with E-state index in [4.69, 9.17) is 26.1 Å². The van der Waals surface area contributed by atoms with Crippen molar-refractivity contribution in [1.82, 2.24) is 0 Å². The molecule has 0 aromatic rings. The van der Waals surface area contributed by atoms with E-state index in [2.05, 4.69) is 0 Å². The molecule has 0 atom stereocenters. The van der Waals surface area contributed by atoms with E-state index in [0.717, 1.165) is 0 Å². The van der Waals surface area contributed by atoms with Crippen molar-refractivity contribution >= 4 is 6.16 Å². The second kappa shape index (κ2) is 23.5. The van der Waals surface area contributed by atoms with Gasteiger partial charge in [0, 0.05) is 0 Å². The molecule has 0 amide bonds. The van der Waals surface area contributed by atoms with Crippen molar-refractivity contribution in [2.45, 2.75) is 0 Å². The van der Waals surface area contributed by atoms with Gasteiger partial charge in [0.15, 0.2) is 0 Å². The van der Waals surface area contributed by atoms with Gasteiger partial charge in [0.25, 0.3) is 0 Å². The summed E-state index contributed by atoms with van der Waals surface area (Å²) in [6.45, 7) is 0. The summed E-state index contributed by atoms with van der Waals surface area (Å²) < 4.78 is 0. The summed E-state index contributed by atoms with van der Waals surface area (Å²) in [5, 5.41) is 15.3. The van der Waals surface area contributed by atoms with Gasteiger partial charge in [-0.25, -0.2) is 0 Å². The van der Waals surface area contributed by atoms with Gasteiger partial charge >= 0.3 is 59.1 Å². The maximum atomic E-state index is 8.44. The van der Waals surface area contributed by atoms with E-state index in [1.807, 2.05) is 0 Å². The molecule has 0 saturated carbocycles. The Morgan fingerprint density at radius 1 is 1.44 bits per heavy atom. The minimum atomic E-state index is -2.08. The third-order valence-corrected chi connectivity index (χ3v) is 0. The van der Waals surface area contributed by atoms with Crippen LogP contribution in [0.15, 0.2) is 0 Å². The molecule has 0 aliphatic rings. The Kier molecular flexibility index (Phi) is 59.1. The standard InChI is InChI=1S/CH2O3.N3.2Na/c2-1(3)4;1-3-2;;/h(H2,2,3,4);;;/q;-1;2*+1/p-1. The number of nitrogens with zero attached hydrogens (tertiary/aromatic N) is 3. The minimum absolute atomic E-state index is 0. The summed E-state index contributed by atoms with van der Waals surface area (Å²) in [6, 6.07) is 0. The molecule has 0 rings (SSSR count). The molecule has 6 nitrogen and oxygen atoms in total. The minimum Gasteiger partial charge on any atom is -0.565 e. The van der Waals surface area contributed by atoms with E-state index in [0.29, 0.717) is 0 Å². The molecule has 0 saturated heterocycles. The molecular formula is CHN3Na2O3. The van der Waals surface area contributed by atoms with Crippen LogP contribution in [0.5, 0.6) is 0 Å². The van der Waals surface area contributed by atoms with Crippen LogP contribution in [-0.2, 0) is 0 Å². The number of carbonyl (C=O) groups is 1. The van der Waals surface area contributed by atoms with E-state index in [1.54, 1.807) is 0 Å². The van der Waals surface area contributed by atoms with Crippen molar-refractivity contribution in [3.63, 3.8) is 0 Å². The van der Waals surface area contributed by atoms with Crippen molar-refractivity contribution < 1.29 is 74.1 Å². The van der Waals surface area contributed by atoms with Crippen molar-refractivity contribution in [2.24, 2.45) is 0 Å². The first-order valence-electron chi connectivity index (χ1n) is 1.03.